The summed E-state index contributed by atoms with van der Waals surface area (Å²) in [6.45, 7) is 4.19. The van der Waals surface area contributed by atoms with Crippen LogP contribution < -0.4 is 0 Å². The minimum atomic E-state index is 0.0957. The van der Waals surface area contributed by atoms with Gasteiger partial charge in [-0.2, -0.15) is 0 Å². The molecule has 2 aromatic rings. The predicted molar refractivity (Wildman–Crippen MR) is 97.9 cm³/mol. The number of rotatable bonds is 3. The first-order valence-electron chi connectivity index (χ1n) is 8.88. The Labute approximate surface area is 144 Å². The summed E-state index contributed by atoms with van der Waals surface area (Å²) in [5, 5.41) is 0. The lowest BCUT2D eigenvalue weighted by Crippen LogP contribution is -2.42. The smallest absolute Gasteiger partial charge is 0.255 e. The van der Waals surface area contributed by atoms with Crippen molar-refractivity contribution in [2.45, 2.75) is 45.6 Å². The molecule has 1 aromatic heterocycles. The van der Waals surface area contributed by atoms with E-state index in [4.69, 9.17) is 0 Å². The summed E-state index contributed by atoms with van der Waals surface area (Å²) in [5.74, 6) is 0.669. The number of carbonyl (C=O) groups excluding carboxylic acids is 1. The van der Waals surface area contributed by atoms with Gasteiger partial charge in [0.2, 0.25) is 0 Å². The van der Waals surface area contributed by atoms with Crippen molar-refractivity contribution in [2.24, 2.45) is 5.92 Å². The molecule has 1 aliphatic carbocycles. The topological polar surface area (TPSA) is 33.2 Å². The van der Waals surface area contributed by atoms with Crippen LogP contribution in [-0.2, 0) is 0 Å². The van der Waals surface area contributed by atoms with Crippen LogP contribution in [0.2, 0.25) is 0 Å². The van der Waals surface area contributed by atoms with Crippen molar-refractivity contribution in [3.05, 3.63) is 53.7 Å². The van der Waals surface area contributed by atoms with Crippen LogP contribution in [0.3, 0.4) is 0 Å². The zero-order chi connectivity index (χ0) is 17.1. The Morgan fingerprint density at radius 3 is 2.46 bits per heavy atom. The van der Waals surface area contributed by atoms with Crippen LogP contribution in [0, 0.1) is 12.8 Å². The van der Waals surface area contributed by atoms with Gasteiger partial charge in [0.15, 0.2) is 0 Å². The van der Waals surface area contributed by atoms with Gasteiger partial charge in [0.1, 0.15) is 0 Å². The number of benzene rings is 1. The second kappa shape index (κ2) is 7.16. The lowest BCUT2D eigenvalue weighted by Gasteiger charge is -2.36. The Morgan fingerprint density at radius 1 is 1.08 bits per heavy atom. The first-order chi connectivity index (χ1) is 11.6. The molecule has 1 aliphatic rings. The van der Waals surface area contributed by atoms with Gasteiger partial charge in [-0.15, -0.1) is 0 Å². The third-order valence-corrected chi connectivity index (χ3v) is 5.27. The molecule has 3 rings (SSSR count). The predicted octanol–water partition coefficient (Wildman–Crippen LogP) is 4.71. The molecule has 3 nitrogen and oxygen atoms in total. The van der Waals surface area contributed by atoms with Crippen LogP contribution in [0.25, 0.3) is 11.3 Å². The number of amides is 1. The average molecular weight is 322 g/mol. The van der Waals surface area contributed by atoms with Crippen LogP contribution in [-0.4, -0.2) is 28.9 Å². The van der Waals surface area contributed by atoms with E-state index in [1.54, 1.807) is 0 Å². The van der Waals surface area contributed by atoms with Crippen LogP contribution >= 0.6 is 0 Å². The molecular weight excluding hydrogens is 296 g/mol. The van der Waals surface area contributed by atoms with Gasteiger partial charge >= 0.3 is 0 Å². The lowest BCUT2D eigenvalue weighted by atomic mass is 9.85. The highest BCUT2D eigenvalue weighted by atomic mass is 16.2. The molecule has 0 bridgehead atoms. The summed E-state index contributed by atoms with van der Waals surface area (Å²) in [5.41, 5.74) is 3.51. The zero-order valence-corrected chi connectivity index (χ0v) is 14.8. The fourth-order valence-corrected chi connectivity index (χ4v) is 3.77. The molecule has 0 N–H and O–H groups in total. The third-order valence-electron chi connectivity index (χ3n) is 5.27. The van der Waals surface area contributed by atoms with Crippen molar-refractivity contribution in [3.63, 3.8) is 0 Å². The first-order valence-corrected chi connectivity index (χ1v) is 8.88. The average Bonchev–Trinajstić information content (AvgIpc) is 2.61. The van der Waals surface area contributed by atoms with Gasteiger partial charge in [-0.25, -0.2) is 0 Å². The molecular formula is C21H26N2O. The number of nitrogens with zero attached hydrogens (tertiary/aromatic N) is 2. The standard InChI is InChI=1S/C21H26N2O/c1-15-9-7-8-12-20(15)23(3)21(24)18-13-14-19(22-16(18)2)17-10-5-4-6-11-17/h4-6,10-11,13-15,20H,7-9,12H2,1-3H3/t15-,20+/m0/s1. The molecule has 0 unspecified atom stereocenters. The Hall–Kier alpha value is -2.16. The van der Waals surface area contributed by atoms with Crippen molar-refractivity contribution in [1.29, 1.82) is 0 Å². The Bertz CT molecular complexity index is 711. The largest absolute Gasteiger partial charge is 0.338 e. The van der Waals surface area contributed by atoms with E-state index in [9.17, 15) is 4.79 Å². The van der Waals surface area contributed by atoms with E-state index in [1.165, 1.54) is 19.3 Å². The summed E-state index contributed by atoms with van der Waals surface area (Å²) in [4.78, 5) is 19.5. The number of carbonyl (C=O) groups is 1. The van der Waals surface area contributed by atoms with Crippen molar-refractivity contribution in [2.75, 3.05) is 7.05 Å². The summed E-state index contributed by atoms with van der Waals surface area (Å²) in [6, 6.07) is 14.3. The van der Waals surface area contributed by atoms with Gasteiger partial charge in [0.25, 0.3) is 5.91 Å². The highest BCUT2D eigenvalue weighted by molar-refractivity contribution is 5.95. The second-order valence-corrected chi connectivity index (χ2v) is 6.94. The van der Waals surface area contributed by atoms with E-state index < -0.39 is 0 Å². The normalized spacial score (nSPS) is 20.6. The van der Waals surface area contributed by atoms with Crippen molar-refractivity contribution in [1.82, 2.24) is 9.88 Å². The molecule has 24 heavy (non-hydrogen) atoms. The molecule has 1 aromatic carbocycles. The Balaban J connectivity index is 1.82. The lowest BCUT2D eigenvalue weighted by molar-refractivity contribution is 0.0628. The quantitative estimate of drug-likeness (QED) is 0.820. The molecule has 3 heteroatoms. The van der Waals surface area contributed by atoms with E-state index in [0.29, 0.717) is 12.0 Å². The number of aryl methyl sites for hydroxylation is 1. The number of pyridine rings is 1. The van der Waals surface area contributed by atoms with E-state index in [-0.39, 0.29) is 5.91 Å². The number of hydrogen-bond donors (Lipinski definition) is 0. The van der Waals surface area contributed by atoms with Gasteiger partial charge < -0.3 is 4.90 Å². The number of hydrogen-bond acceptors (Lipinski definition) is 2. The highest BCUT2D eigenvalue weighted by Crippen LogP contribution is 2.29. The van der Waals surface area contributed by atoms with Crippen LogP contribution in [0.1, 0.15) is 48.7 Å². The van der Waals surface area contributed by atoms with Gasteiger partial charge in [0, 0.05) is 18.7 Å². The highest BCUT2D eigenvalue weighted by Gasteiger charge is 2.29. The minimum Gasteiger partial charge on any atom is -0.338 e. The van der Waals surface area contributed by atoms with Crippen LogP contribution in [0.15, 0.2) is 42.5 Å². The Morgan fingerprint density at radius 2 is 1.79 bits per heavy atom. The minimum absolute atomic E-state index is 0.0957. The van der Waals surface area contributed by atoms with Crippen molar-refractivity contribution >= 4 is 5.91 Å². The molecule has 0 radical (unpaired) electrons. The molecule has 1 heterocycles. The zero-order valence-electron chi connectivity index (χ0n) is 14.8. The summed E-state index contributed by atoms with van der Waals surface area (Å²) in [7, 11) is 1.94. The third kappa shape index (κ3) is 3.35. The van der Waals surface area contributed by atoms with Crippen molar-refractivity contribution < 1.29 is 4.79 Å². The molecule has 1 fully saturated rings. The molecule has 0 aliphatic heterocycles. The van der Waals surface area contributed by atoms with E-state index in [1.807, 2.05) is 61.3 Å². The first kappa shape index (κ1) is 16.7. The maximum Gasteiger partial charge on any atom is 0.255 e. The molecule has 2 atom stereocenters. The molecule has 0 saturated heterocycles. The maximum atomic E-state index is 12.9. The summed E-state index contributed by atoms with van der Waals surface area (Å²) < 4.78 is 0. The molecule has 1 saturated carbocycles. The fourth-order valence-electron chi connectivity index (χ4n) is 3.77. The maximum absolute atomic E-state index is 12.9. The van der Waals surface area contributed by atoms with E-state index >= 15 is 0 Å². The molecule has 0 spiro atoms. The van der Waals surface area contributed by atoms with E-state index in [2.05, 4.69) is 11.9 Å². The molecule has 126 valence electrons. The number of aromatic nitrogens is 1. The van der Waals surface area contributed by atoms with Gasteiger partial charge in [-0.05, 0) is 37.8 Å². The molecule has 1 amide bonds. The van der Waals surface area contributed by atoms with Gasteiger partial charge in [-0.3, -0.25) is 9.78 Å². The van der Waals surface area contributed by atoms with E-state index in [0.717, 1.165) is 28.9 Å². The van der Waals surface area contributed by atoms with Crippen LogP contribution in [0.4, 0.5) is 0 Å². The van der Waals surface area contributed by atoms with Gasteiger partial charge in [0.05, 0.1) is 17.0 Å². The fraction of sp³-hybridized carbons (Fsp3) is 0.429. The Kier molecular flexibility index (Phi) is 4.98. The summed E-state index contributed by atoms with van der Waals surface area (Å²) >= 11 is 0. The summed E-state index contributed by atoms with van der Waals surface area (Å²) in [6.07, 6.45) is 4.83. The van der Waals surface area contributed by atoms with Crippen molar-refractivity contribution in [3.8, 4) is 11.3 Å². The SMILES string of the molecule is Cc1nc(-c2ccccc2)ccc1C(=O)N(C)[C@@H]1CCCC[C@@H]1C. The monoisotopic (exact) mass is 322 g/mol. The second-order valence-electron chi connectivity index (χ2n) is 6.94. The van der Waals surface area contributed by atoms with Crippen LogP contribution in [0.5, 0.6) is 0 Å². The van der Waals surface area contributed by atoms with Gasteiger partial charge in [-0.1, -0.05) is 50.1 Å².